The third-order valence-corrected chi connectivity index (χ3v) is 4.66. The number of nitrogens with zero attached hydrogens (tertiary/aromatic N) is 1. The first-order chi connectivity index (χ1) is 11.8. The van der Waals surface area contributed by atoms with Crippen LogP contribution in [-0.4, -0.2) is 10.8 Å². The molecular formula is C22H13NO. The van der Waals surface area contributed by atoms with Gasteiger partial charge in [0, 0.05) is 28.3 Å². The van der Waals surface area contributed by atoms with Crippen LogP contribution in [0.2, 0.25) is 0 Å². The Morgan fingerprint density at radius 1 is 0.667 bits per heavy atom. The maximum absolute atomic E-state index is 12.7. The quantitative estimate of drug-likeness (QED) is 0.430. The standard InChI is InChI=1S/C22H13NO/c24-22-17-9-5-4-8-16(17)19-13-18-15(12-20(19)22)10-11-23-21(18)14-6-2-1-3-7-14/h1-13H. The summed E-state index contributed by atoms with van der Waals surface area (Å²) in [6.45, 7) is 0. The minimum Gasteiger partial charge on any atom is -0.289 e. The molecule has 5 rings (SSSR count). The van der Waals surface area contributed by atoms with E-state index >= 15 is 0 Å². The van der Waals surface area contributed by atoms with Crippen LogP contribution in [0.4, 0.5) is 0 Å². The van der Waals surface area contributed by atoms with E-state index in [-0.39, 0.29) is 5.78 Å². The van der Waals surface area contributed by atoms with E-state index in [0.717, 1.165) is 44.3 Å². The Morgan fingerprint density at radius 2 is 1.42 bits per heavy atom. The number of aromatic nitrogens is 1. The van der Waals surface area contributed by atoms with Crippen molar-refractivity contribution in [3.8, 4) is 22.4 Å². The minimum atomic E-state index is 0.112. The number of hydrogen-bond acceptors (Lipinski definition) is 2. The lowest BCUT2D eigenvalue weighted by molar-refractivity contribution is 0.104. The molecule has 0 N–H and O–H groups in total. The van der Waals surface area contributed by atoms with E-state index < -0.39 is 0 Å². The van der Waals surface area contributed by atoms with Gasteiger partial charge >= 0.3 is 0 Å². The largest absolute Gasteiger partial charge is 0.289 e. The maximum Gasteiger partial charge on any atom is 0.194 e. The second kappa shape index (κ2) is 4.87. The number of ketones is 1. The molecular weight excluding hydrogens is 294 g/mol. The third-order valence-electron chi connectivity index (χ3n) is 4.66. The van der Waals surface area contributed by atoms with Crippen LogP contribution in [0.3, 0.4) is 0 Å². The Balaban J connectivity index is 1.85. The Hall–Kier alpha value is -3.26. The van der Waals surface area contributed by atoms with Gasteiger partial charge in [-0.05, 0) is 34.7 Å². The Bertz CT molecular complexity index is 1110. The molecule has 0 radical (unpaired) electrons. The number of carbonyl (C=O) groups is 1. The van der Waals surface area contributed by atoms with Crippen LogP contribution < -0.4 is 0 Å². The summed E-state index contributed by atoms with van der Waals surface area (Å²) in [6, 6.07) is 24.1. The van der Waals surface area contributed by atoms with Crippen LogP contribution in [0.5, 0.6) is 0 Å². The molecule has 0 amide bonds. The number of rotatable bonds is 1. The van der Waals surface area contributed by atoms with Crippen molar-refractivity contribution in [2.24, 2.45) is 0 Å². The Kier molecular flexibility index (Phi) is 2.68. The van der Waals surface area contributed by atoms with E-state index in [9.17, 15) is 4.79 Å². The van der Waals surface area contributed by atoms with Gasteiger partial charge in [0.05, 0.1) is 5.69 Å². The van der Waals surface area contributed by atoms with Gasteiger partial charge in [-0.25, -0.2) is 0 Å². The molecule has 0 aliphatic heterocycles. The molecule has 2 heteroatoms. The van der Waals surface area contributed by atoms with E-state index in [2.05, 4.69) is 23.2 Å². The summed E-state index contributed by atoms with van der Waals surface area (Å²) < 4.78 is 0. The topological polar surface area (TPSA) is 30.0 Å². The van der Waals surface area contributed by atoms with Crippen molar-refractivity contribution >= 4 is 16.6 Å². The van der Waals surface area contributed by atoms with Crippen molar-refractivity contribution in [1.82, 2.24) is 4.98 Å². The molecule has 1 aliphatic carbocycles. The first-order valence-corrected chi connectivity index (χ1v) is 7.95. The zero-order valence-corrected chi connectivity index (χ0v) is 12.9. The van der Waals surface area contributed by atoms with Crippen molar-refractivity contribution in [3.63, 3.8) is 0 Å². The fraction of sp³-hybridized carbons (Fsp3) is 0. The van der Waals surface area contributed by atoms with E-state index in [4.69, 9.17) is 0 Å². The molecule has 0 saturated heterocycles. The highest BCUT2D eigenvalue weighted by Crippen LogP contribution is 2.40. The molecule has 0 saturated carbocycles. The van der Waals surface area contributed by atoms with Crippen LogP contribution in [0, 0.1) is 0 Å². The highest BCUT2D eigenvalue weighted by atomic mass is 16.1. The summed E-state index contributed by atoms with van der Waals surface area (Å²) in [6.07, 6.45) is 1.81. The lowest BCUT2D eigenvalue weighted by atomic mass is 9.97. The molecule has 0 atom stereocenters. The van der Waals surface area contributed by atoms with E-state index in [1.165, 1.54) is 0 Å². The SMILES string of the molecule is O=C1c2ccccc2-c2cc3c(-c4ccccc4)nccc3cc21. The van der Waals surface area contributed by atoms with Crippen molar-refractivity contribution < 1.29 is 4.79 Å². The van der Waals surface area contributed by atoms with Gasteiger partial charge in [-0.3, -0.25) is 9.78 Å². The van der Waals surface area contributed by atoms with Crippen LogP contribution in [-0.2, 0) is 0 Å². The summed E-state index contributed by atoms with van der Waals surface area (Å²) in [5, 5.41) is 2.12. The molecule has 2 nitrogen and oxygen atoms in total. The highest BCUT2D eigenvalue weighted by molar-refractivity contribution is 6.23. The number of hydrogen-bond donors (Lipinski definition) is 0. The maximum atomic E-state index is 12.7. The van der Waals surface area contributed by atoms with Crippen molar-refractivity contribution in [3.05, 3.63) is 90.1 Å². The third kappa shape index (κ3) is 1.77. The lowest BCUT2D eigenvalue weighted by Crippen LogP contribution is -1.95. The van der Waals surface area contributed by atoms with Gasteiger partial charge in [0.15, 0.2) is 5.78 Å². The molecule has 0 spiro atoms. The smallest absolute Gasteiger partial charge is 0.194 e. The van der Waals surface area contributed by atoms with Gasteiger partial charge in [0.1, 0.15) is 0 Å². The fourth-order valence-electron chi connectivity index (χ4n) is 3.52. The zero-order valence-electron chi connectivity index (χ0n) is 12.9. The summed E-state index contributed by atoms with van der Waals surface area (Å²) in [4.78, 5) is 17.3. The molecule has 0 bridgehead atoms. The van der Waals surface area contributed by atoms with Gasteiger partial charge in [-0.2, -0.15) is 0 Å². The lowest BCUT2D eigenvalue weighted by Gasteiger charge is -2.08. The predicted octanol–water partition coefficient (Wildman–Crippen LogP) is 5.11. The number of carbonyl (C=O) groups excluding carboxylic acids is 1. The molecule has 1 aliphatic rings. The van der Waals surface area contributed by atoms with Gasteiger partial charge in [0.25, 0.3) is 0 Å². The number of pyridine rings is 1. The van der Waals surface area contributed by atoms with Crippen molar-refractivity contribution in [2.45, 2.75) is 0 Å². The normalized spacial score (nSPS) is 12.2. The van der Waals surface area contributed by atoms with E-state index in [1.54, 1.807) is 0 Å². The fourth-order valence-corrected chi connectivity index (χ4v) is 3.52. The molecule has 0 unspecified atom stereocenters. The molecule has 1 heterocycles. The number of fused-ring (bicyclic) bond motifs is 4. The van der Waals surface area contributed by atoms with Gasteiger partial charge in [-0.1, -0.05) is 54.6 Å². The molecule has 24 heavy (non-hydrogen) atoms. The van der Waals surface area contributed by atoms with E-state index in [0.29, 0.717) is 0 Å². The van der Waals surface area contributed by atoms with Gasteiger partial charge in [-0.15, -0.1) is 0 Å². The highest BCUT2D eigenvalue weighted by Gasteiger charge is 2.27. The molecule has 4 aromatic rings. The summed E-state index contributed by atoms with van der Waals surface area (Å²) in [5.74, 6) is 0.112. The predicted molar refractivity (Wildman–Crippen MR) is 96.0 cm³/mol. The molecule has 1 aromatic heterocycles. The van der Waals surface area contributed by atoms with Crippen LogP contribution in [0.25, 0.3) is 33.2 Å². The average molecular weight is 307 g/mol. The minimum absolute atomic E-state index is 0.112. The zero-order chi connectivity index (χ0) is 16.1. The van der Waals surface area contributed by atoms with Crippen LogP contribution in [0.1, 0.15) is 15.9 Å². The summed E-state index contributed by atoms with van der Waals surface area (Å²) >= 11 is 0. The van der Waals surface area contributed by atoms with Crippen LogP contribution >= 0.6 is 0 Å². The van der Waals surface area contributed by atoms with Crippen molar-refractivity contribution in [2.75, 3.05) is 0 Å². The first kappa shape index (κ1) is 13.2. The monoisotopic (exact) mass is 307 g/mol. The van der Waals surface area contributed by atoms with Crippen LogP contribution in [0.15, 0.2) is 79.0 Å². The number of benzene rings is 3. The second-order valence-corrected chi connectivity index (χ2v) is 6.02. The molecule has 3 aromatic carbocycles. The van der Waals surface area contributed by atoms with Gasteiger partial charge in [0.2, 0.25) is 0 Å². The average Bonchev–Trinajstić information content (AvgIpc) is 2.93. The summed E-state index contributed by atoms with van der Waals surface area (Å²) in [5.41, 5.74) is 5.63. The van der Waals surface area contributed by atoms with E-state index in [1.807, 2.05) is 60.8 Å². The first-order valence-electron chi connectivity index (χ1n) is 7.95. The summed E-state index contributed by atoms with van der Waals surface area (Å²) in [7, 11) is 0. The molecule has 0 fully saturated rings. The van der Waals surface area contributed by atoms with Crippen molar-refractivity contribution in [1.29, 1.82) is 0 Å². The Labute approximate surface area is 139 Å². The second-order valence-electron chi connectivity index (χ2n) is 6.02. The van der Waals surface area contributed by atoms with Gasteiger partial charge < -0.3 is 0 Å². The molecule has 112 valence electrons. The Morgan fingerprint density at radius 3 is 2.25 bits per heavy atom.